The van der Waals surface area contributed by atoms with Gasteiger partial charge in [0.15, 0.2) is 0 Å². The Bertz CT molecular complexity index is 354. The van der Waals surface area contributed by atoms with E-state index in [2.05, 4.69) is 0 Å². The van der Waals surface area contributed by atoms with Crippen LogP contribution in [0.2, 0.25) is 0 Å². The summed E-state index contributed by atoms with van der Waals surface area (Å²) in [4.78, 5) is 10.9. The molecule has 2 atom stereocenters. The van der Waals surface area contributed by atoms with Crippen LogP contribution in [0.1, 0.15) is 17.9 Å². The molecule has 0 unspecified atom stereocenters. The predicted octanol–water partition coefficient (Wildman–Crippen LogP) is 2.43. The highest BCUT2D eigenvalue weighted by Crippen LogP contribution is 2.34. The maximum absolute atomic E-state index is 10.9. The largest absolute Gasteiger partial charge is 0.481 e. The number of carboxylic acid groups (broad SMARTS) is 1. The second kappa shape index (κ2) is 3.66. The highest BCUT2D eigenvalue weighted by molar-refractivity contribution is 5.73. The molecule has 0 saturated heterocycles. The fourth-order valence-electron chi connectivity index (χ4n) is 1.93. The monoisotopic (exact) mass is 188 g/mol. The number of benzene rings is 1. The van der Waals surface area contributed by atoms with E-state index < -0.39 is 5.97 Å². The zero-order valence-electron chi connectivity index (χ0n) is 7.76. The third-order valence-electron chi connectivity index (χ3n) is 2.67. The van der Waals surface area contributed by atoms with Crippen LogP contribution in [0.4, 0.5) is 0 Å². The Morgan fingerprint density at radius 2 is 2.00 bits per heavy atom. The minimum absolute atomic E-state index is 0.0497. The summed E-state index contributed by atoms with van der Waals surface area (Å²) in [6, 6.07) is 9.80. The van der Waals surface area contributed by atoms with Crippen LogP contribution in [0.25, 0.3) is 0 Å². The fraction of sp³-hybridized carbons (Fsp3) is 0.250. The lowest BCUT2D eigenvalue weighted by Crippen LogP contribution is -2.17. The standard InChI is InChI=1S/C12H12O2/c13-12(14)11-8-4-7-10(11)9-5-2-1-3-6-9/h1-7,10-11H,8H2,(H,13,14)/t10-,11+/m0/s1. The van der Waals surface area contributed by atoms with Crippen molar-refractivity contribution in [2.75, 3.05) is 0 Å². The third kappa shape index (κ3) is 1.55. The van der Waals surface area contributed by atoms with Gasteiger partial charge in [-0.3, -0.25) is 4.79 Å². The molecule has 72 valence electrons. The molecule has 1 N–H and O–H groups in total. The second-order valence-electron chi connectivity index (χ2n) is 3.55. The fourth-order valence-corrected chi connectivity index (χ4v) is 1.93. The van der Waals surface area contributed by atoms with Crippen LogP contribution in [0.5, 0.6) is 0 Å². The Kier molecular flexibility index (Phi) is 2.35. The van der Waals surface area contributed by atoms with E-state index in [0.29, 0.717) is 6.42 Å². The number of aliphatic carboxylic acids is 1. The number of rotatable bonds is 2. The van der Waals surface area contributed by atoms with Gasteiger partial charge in [-0.2, -0.15) is 0 Å². The lowest BCUT2D eigenvalue weighted by Gasteiger charge is -2.15. The first-order chi connectivity index (χ1) is 6.79. The number of carbonyl (C=O) groups is 1. The first kappa shape index (κ1) is 9.00. The van der Waals surface area contributed by atoms with Gasteiger partial charge < -0.3 is 5.11 Å². The number of hydrogen-bond donors (Lipinski definition) is 1. The van der Waals surface area contributed by atoms with Gasteiger partial charge in [0, 0.05) is 5.92 Å². The molecule has 1 aliphatic carbocycles. The SMILES string of the molecule is O=C(O)[C@@H]1CC=C[C@H]1c1ccccc1. The molecule has 0 bridgehead atoms. The van der Waals surface area contributed by atoms with Gasteiger partial charge in [0.25, 0.3) is 0 Å². The Labute approximate surface area is 82.9 Å². The Hall–Kier alpha value is -1.57. The molecule has 0 heterocycles. The molecule has 0 spiro atoms. The summed E-state index contributed by atoms with van der Waals surface area (Å²) in [7, 11) is 0. The Morgan fingerprint density at radius 3 is 2.64 bits per heavy atom. The maximum Gasteiger partial charge on any atom is 0.307 e. The van der Waals surface area contributed by atoms with Gasteiger partial charge in [-0.25, -0.2) is 0 Å². The van der Waals surface area contributed by atoms with Gasteiger partial charge >= 0.3 is 5.97 Å². The molecule has 2 nitrogen and oxygen atoms in total. The Balaban J connectivity index is 2.26. The number of hydrogen-bond acceptors (Lipinski definition) is 1. The number of allylic oxidation sites excluding steroid dienone is 2. The molecule has 14 heavy (non-hydrogen) atoms. The van der Waals surface area contributed by atoms with E-state index in [9.17, 15) is 4.79 Å². The van der Waals surface area contributed by atoms with Crippen LogP contribution in [-0.4, -0.2) is 11.1 Å². The molecule has 0 aromatic heterocycles. The van der Waals surface area contributed by atoms with E-state index in [1.807, 2.05) is 42.5 Å². The van der Waals surface area contributed by atoms with E-state index in [0.717, 1.165) is 5.56 Å². The summed E-state index contributed by atoms with van der Waals surface area (Å²) < 4.78 is 0. The quantitative estimate of drug-likeness (QED) is 0.724. The molecule has 0 aliphatic heterocycles. The summed E-state index contributed by atoms with van der Waals surface area (Å²) in [5.74, 6) is -0.935. The average Bonchev–Trinajstić information content (AvgIpc) is 2.67. The van der Waals surface area contributed by atoms with E-state index in [4.69, 9.17) is 5.11 Å². The topological polar surface area (TPSA) is 37.3 Å². The van der Waals surface area contributed by atoms with Crippen molar-refractivity contribution in [2.45, 2.75) is 12.3 Å². The van der Waals surface area contributed by atoms with Gasteiger partial charge in [-0.1, -0.05) is 42.5 Å². The maximum atomic E-state index is 10.9. The average molecular weight is 188 g/mol. The summed E-state index contributed by atoms with van der Waals surface area (Å²) in [6.07, 6.45) is 4.60. The minimum atomic E-state index is -0.705. The van der Waals surface area contributed by atoms with Crippen molar-refractivity contribution < 1.29 is 9.90 Å². The zero-order valence-corrected chi connectivity index (χ0v) is 7.76. The van der Waals surface area contributed by atoms with Crippen molar-refractivity contribution in [3.8, 4) is 0 Å². The van der Waals surface area contributed by atoms with Gasteiger partial charge in [-0.15, -0.1) is 0 Å². The molecule has 1 aliphatic rings. The lowest BCUT2D eigenvalue weighted by atomic mass is 9.89. The van der Waals surface area contributed by atoms with E-state index in [1.165, 1.54) is 0 Å². The van der Waals surface area contributed by atoms with E-state index in [1.54, 1.807) is 0 Å². The van der Waals surface area contributed by atoms with Crippen molar-refractivity contribution in [3.05, 3.63) is 48.0 Å². The van der Waals surface area contributed by atoms with Crippen molar-refractivity contribution in [1.82, 2.24) is 0 Å². The van der Waals surface area contributed by atoms with Gasteiger partial charge in [-0.05, 0) is 12.0 Å². The molecular formula is C12H12O2. The zero-order chi connectivity index (χ0) is 9.97. The molecule has 0 amide bonds. The highest BCUT2D eigenvalue weighted by atomic mass is 16.4. The van der Waals surface area contributed by atoms with Gasteiger partial charge in [0.05, 0.1) is 5.92 Å². The van der Waals surface area contributed by atoms with Crippen LogP contribution >= 0.6 is 0 Å². The van der Waals surface area contributed by atoms with Crippen LogP contribution in [0.3, 0.4) is 0 Å². The normalized spacial score (nSPS) is 25.1. The summed E-state index contributed by atoms with van der Waals surface area (Å²) in [5.41, 5.74) is 1.09. The minimum Gasteiger partial charge on any atom is -0.481 e. The van der Waals surface area contributed by atoms with Crippen molar-refractivity contribution in [2.24, 2.45) is 5.92 Å². The van der Waals surface area contributed by atoms with Crippen molar-refractivity contribution in [1.29, 1.82) is 0 Å². The molecule has 2 heteroatoms. The van der Waals surface area contributed by atoms with Crippen LogP contribution in [-0.2, 0) is 4.79 Å². The van der Waals surface area contributed by atoms with E-state index >= 15 is 0 Å². The molecule has 0 radical (unpaired) electrons. The molecule has 1 aromatic carbocycles. The molecule has 0 fully saturated rings. The predicted molar refractivity (Wildman–Crippen MR) is 54.1 cm³/mol. The molecule has 2 rings (SSSR count). The van der Waals surface area contributed by atoms with Gasteiger partial charge in [0.2, 0.25) is 0 Å². The number of carboxylic acids is 1. The molecule has 0 saturated carbocycles. The summed E-state index contributed by atoms with van der Waals surface area (Å²) >= 11 is 0. The second-order valence-corrected chi connectivity index (χ2v) is 3.55. The van der Waals surface area contributed by atoms with E-state index in [-0.39, 0.29) is 11.8 Å². The third-order valence-corrected chi connectivity index (χ3v) is 2.67. The van der Waals surface area contributed by atoms with Crippen LogP contribution in [0.15, 0.2) is 42.5 Å². The summed E-state index contributed by atoms with van der Waals surface area (Å²) in [5, 5.41) is 9.00. The highest BCUT2D eigenvalue weighted by Gasteiger charge is 2.29. The van der Waals surface area contributed by atoms with Crippen LogP contribution < -0.4 is 0 Å². The Morgan fingerprint density at radius 1 is 1.29 bits per heavy atom. The van der Waals surface area contributed by atoms with Crippen molar-refractivity contribution in [3.63, 3.8) is 0 Å². The first-order valence-electron chi connectivity index (χ1n) is 4.73. The molecule has 1 aromatic rings. The van der Waals surface area contributed by atoms with Gasteiger partial charge in [0.1, 0.15) is 0 Å². The van der Waals surface area contributed by atoms with Crippen molar-refractivity contribution >= 4 is 5.97 Å². The lowest BCUT2D eigenvalue weighted by molar-refractivity contribution is -0.141. The smallest absolute Gasteiger partial charge is 0.307 e. The van der Waals surface area contributed by atoms with Crippen LogP contribution in [0, 0.1) is 5.92 Å². The first-order valence-corrected chi connectivity index (χ1v) is 4.73. The molecular weight excluding hydrogens is 176 g/mol. The summed E-state index contributed by atoms with van der Waals surface area (Å²) in [6.45, 7) is 0.